The number of benzene rings is 2. The highest BCUT2D eigenvalue weighted by Gasteiger charge is 2.11. The quantitative estimate of drug-likeness (QED) is 0.456. The minimum atomic E-state index is -0.391. The molecule has 2 aromatic carbocycles. The SMILES string of the molecule is CCCOc1c(Cl)cc(/C=N/NC(=O)c2ccc(OCC)c(OC)c2)cc1Cl. The number of hydrazone groups is 1. The molecule has 150 valence electrons. The summed E-state index contributed by atoms with van der Waals surface area (Å²) in [6, 6.07) is 8.22. The molecule has 0 fully saturated rings. The van der Waals surface area contributed by atoms with E-state index in [0.717, 1.165) is 6.42 Å². The van der Waals surface area contributed by atoms with Crippen LogP contribution in [-0.2, 0) is 0 Å². The minimum absolute atomic E-state index is 0.380. The second-order valence-electron chi connectivity index (χ2n) is 5.66. The number of rotatable bonds is 9. The number of carbonyl (C=O) groups excluding carboxylic acids is 1. The topological polar surface area (TPSA) is 69.2 Å². The van der Waals surface area contributed by atoms with Crippen LogP contribution >= 0.6 is 23.2 Å². The van der Waals surface area contributed by atoms with Gasteiger partial charge in [-0.25, -0.2) is 5.43 Å². The molecule has 1 N–H and O–H groups in total. The van der Waals surface area contributed by atoms with Crippen LogP contribution in [0.5, 0.6) is 17.2 Å². The number of nitrogens with one attached hydrogen (secondary N) is 1. The number of amides is 1. The lowest BCUT2D eigenvalue weighted by Crippen LogP contribution is -2.17. The monoisotopic (exact) mass is 424 g/mol. The van der Waals surface area contributed by atoms with Gasteiger partial charge in [-0.05, 0) is 49.2 Å². The zero-order valence-corrected chi connectivity index (χ0v) is 17.4. The van der Waals surface area contributed by atoms with Crippen molar-refractivity contribution in [3.8, 4) is 17.2 Å². The summed E-state index contributed by atoms with van der Waals surface area (Å²) in [6.45, 7) is 4.88. The Morgan fingerprint density at radius 3 is 2.43 bits per heavy atom. The Labute approximate surface area is 174 Å². The largest absolute Gasteiger partial charge is 0.493 e. The molecule has 0 spiro atoms. The Bertz CT molecular complexity index is 833. The van der Waals surface area contributed by atoms with Crippen LogP contribution in [0.2, 0.25) is 10.0 Å². The van der Waals surface area contributed by atoms with Crippen LogP contribution in [0.1, 0.15) is 36.2 Å². The van der Waals surface area contributed by atoms with Crippen LogP contribution in [0.3, 0.4) is 0 Å². The van der Waals surface area contributed by atoms with E-state index in [9.17, 15) is 4.79 Å². The molecule has 6 nitrogen and oxygen atoms in total. The molecule has 0 aliphatic carbocycles. The summed E-state index contributed by atoms with van der Waals surface area (Å²) in [7, 11) is 1.51. The summed E-state index contributed by atoms with van der Waals surface area (Å²) in [5.41, 5.74) is 3.47. The van der Waals surface area contributed by atoms with Gasteiger partial charge >= 0.3 is 0 Å². The van der Waals surface area contributed by atoms with Crippen molar-refractivity contribution in [1.29, 1.82) is 0 Å². The molecule has 8 heteroatoms. The lowest BCUT2D eigenvalue weighted by molar-refractivity contribution is 0.0954. The number of hydrogen-bond donors (Lipinski definition) is 1. The second kappa shape index (κ2) is 10.8. The zero-order chi connectivity index (χ0) is 20.5. The van der Waals surface area contributed by atoms with Gasteiger partial charge in [0.1, 0.15) is 0 Å². The minimum Gasteiger partial charge on any atom is -0.493 e. The van der Waals surface area contributed by atoms with Gasteiger partial charge in [-0.3, -0.25) is 4.79 Å². The van der Waals surface area contributed by atoms with Crippen molar-refractivity contribution in [2.24, 2.45) is 5.10 Å². The normalized spacial score (nSPS) is 10.8. The number of nitrogens with zero attached hydrogens (tertiary/aromatic N) is 1. The van der Waals surface area contributed by atoms with E-state index in [0.29, 0.717) is 51.6 Å². The van der Waals surface area contributed by atoms with Gasteiger partial charge in [0.25, 0.3) is 5.91 Å². The molecule has 0 saturated heterocycles. The average molecular weight is 425 g/mol. The van der Waals surface area contributed by atoms with Gasteiger partial charge in [-0.2, -0.15) is 5.10 Å². The van der Waals surface area contributed by atoms with Gasteiger partial charge in [0.2, 0.25) is 0 Å². The van der Waals surface area contributed by atoms with Crippen LogP contribution in [0.25, 0.3) is 0 Å². The van der Waals surface area contributed by atoms with E-state index in [-0.39, 0.29) is 0 Å². The van der Waals surface area contributed by atoms with Crippen LogP contribution in [0, 0.1) is 0 Å². The van der Waals surface area contributed by atoms with Crippen LogP contribution in [0.15, 0.2) is 35.4 Å². The Morgan fingerprint density at radius 1 is 1.11 bits per heavy atom. The van der Waals surface area contributed by atoms with Crippen molar-refractivity contribution >= 4 is 35.3 Å². The molecule has 0 bridgehead atoms. The number of methoxy groups -OCH3 is 1. The van der Waals surface area contributed by atoms with Crippen molar-refractivity contribution in [2.75, 3.05) is 20.3 Å². The van der Waals surface area contributed by atoms with Crippen molar-refractivity contribution in [3.63, 3.8) is 0 Å². The smallest absolute Gasteiger partial charge is 0.271 e. The molecular formula is C20H22Cl2N2O4. The molecule has 1 amide bonds. The highest BCUT2D eigenvalue weighted by Crippen LogP contribution is 2.34. The van der Waals surface area contributed by atoms with Crippen molar-refractivity contribution in [1.82, 2.24) is 5.43 Å². The summed E-state index contributed by atoms with van der Waals surface area (Å²) in [4.78, 5) is 12.3. The standard InChI is InChI=1S/C20H22Cl2N2O4/c1-4-8-28-19-15(21)9-13(10-16(19)22)12-23-24-20(25)14-6-7-17(27-5-2)18(11-14)26-3/h6-7,9-12H,4-5,8H2,1-3H3,(H,24,25)/b23-12+. The predicted molar refractivity (Wildman–Crippen MR) is 111 cm³/mol. The molecule has 28 heavy (non-hydrogen) atoms. The van der Waals surface area contributed by atoms with E-state index >= 15 is 0 Å². The third-order valence-corrected chi connectivity index (χ3v) is 4.14. The van der Waals surface area contributed by atoms with Crippen molar-refractivity contribution in [2.45, 2.75) is 20.3 Å². The predicted octanol–water partition coefficient (Wildman–Crippen LogP) is 4.95. The summed E-state index contributed by atoms with van der Waals surface area (Å²) in [6.07, 6.45) is 2.29. The van der Waals surface area contributed by atoms with Gasteiger partial charge in [0, 0.05) is 5.56 Å². The molecule has 2 rings (SSSR count). The Kier molecular flexibility index (Phi) is 8.42. The summed E-state index contributed by atoms with van der Waals surface area (Å²) in [5.74, 6) is 1.09. The first-order valence-electron chi connectivity index (χ1n) is 8.76. The van der Waals surface area contributed by atoms with Gasteiger partial charge in [0.05, 0.1) is 36.6 Å². The maximum absolute atomic E-state index is 12.3. The second-order valence-corrected chi connectivity index (χ2v) is 6.47. The molecule has 0 radical (unpaired) electrons. The molecule has 0 aliphatic heterocycles. The first kappa shape index (κ1) is 21.9. The van der Waals surface area contributed by atoms with E-state index in [1.807, 2.05) is 13.8 Å². The average Bonchev–Trinajstić information content (AvgIpc) is 2.68. The van der Waals surface area contributed by atoms with Gasteiger partial charge < -0.3 is 14.2 Å². The van der Waals surface area contributed by atoms with Crippen LogP contribution < -0.4 is 19.6 Å². The van der Waals surface area contributed by atoms with E-state index in [1.165, 1.54) is 13.3 Å². The third-order valence-electron chi connectivity index (χ3n) is 3.58. The summed E-state index contributed by atoms with van der Waals surface area (Å²) in [5, 5.41) is 4.71. The van der Waals surface area contributed by atoms with E-state index < -0.39 is 5.91 Å². The first-order chi connectivity index (χ1) is 13.5. The molecular weight excluding hydrogens is 403 g/mol. The molecule has 0 aromatic heterocycles. The number of carbonyl (C=O) groups is 1. The fraction of sp³-hybridized carbons (Fsp3) is 0.300. The fourth-order valence-corrected chi connectivity index (χ4v) is 2.92. The zero-order valence-electron chi connectivity index (χ0n) is 15.9. The Hall–Kier alpha value is -2.44. The lowest BCUT2D eigenvalue weighted by atomic mass is 10.2. The van der Waals surface area contributed by atoms with E-state index in [2.05, 4.69) is 10.5 Å². The Balaban J connectivity index is 2.07. The van der Waals surface area contributed by atoms with Crippen LogP contribution in [0.4, 0.5) is 0 Å². The molecule has 0 unspecified atom stereocenters. The maximum atomic E-state index is 12.3. The Morgan fingerprint density at radius 2 is 1.82 bits per heavy atom. The summed E-state index contributed by atoms with van der Waals surface area (Å²) < 4.78 is 16.2. The first-order valence-corrected chi connectivity index (χ1v) is 9.51. The third kappa shape index (κ3) is 5.78. The van der Waals surface area contributed by atoms with Gasteiger partial charge in [-0.15, -0.1) is 0 Å². The number of halogens is 2. The van der Waals surface area contributed by atoms with Crippen molar-refractivity contribution in [3.05, 3.63) is 51.5 Å². The van der Waals surface area contributed by atoms with E-state index in [1.54, 1.807) is 30.3 Å². The van der Waals surface area contributed by atoms with Crippen LogP contribution in [-0.4, -0.2) is 32.4 Å². The van der Waals surface area contributed by atoms with Gasteiger partial charge in [0.15, 0.2) is 17.2 Å². The van der Waals surface area contributed by atoms with Crippen molar-refractivity contribution < 1.29 is 19.0 Å². The molecule has 0 atom stereocenters. The number of hydrogen-bond acceptors (Lipinski definition) is 5. The fourth-order valence-electron chi connectivity index (χ4n) is 2.31. The lowest BCUT2D eigenvalue weighted by Gasteiger charge is -2.10. The highest BCUT2D eigenvalue weighted by molar-refractivity contribution is 6.37. The van der Waals surface area contributed by atoms with Gasteiger partial charge in [-0.1, -0.05) is 30.1 Å². The number of ether oxygens (including phenoxy) is 3. The van der Waals surface area contributed by atoms with E-state index in [4.69, 9.17) is 37.4 Å². The molecule has 0 aliphatic rings. The highest BCUT2D eigenvalue weighted by atomic mass is 35.5. The molecule has 0 heterocycles. The molecule has 2 aromatic rings. The maximum Gasteiger partial charge on any atom is 0.271 e. The molecule has 0 saturated carbocycles. The summed E-state index contributed by atoms with van der Waals surface area (Å²) >= 11 is 12.4.